The molecule has 0 radical (unpaired) electrons. The topological polar surface area (TPSA) is 92.9 Å². The zero-order valence-corrected chi connectivity index (χ0v) is 23.1. The Hall–Kier alpha value is -3.80. The van der Waals surface area contributed by atoms with Gasteiger partial charge in [0.15, 0.2) is 17.0 Å². The van der Waals surface area contributed by atoms with Gasteiger partial charge in [-0.3, -0.25) is 14.8 Å². The molecule has 2 aromatic carbocycles. The number of fused-ring (bicyclic) bond motifs is 2. The molecule has 2 N–H and O–H groups in total. The van der Waals surface area contributed by atoms with E-state index < -0.39 is 11.9 Å². The second-order valence-electron chi connectivity index (χ2n) is 9.98. The maximum atomic E-state index is 16.1. The van der Waals surface area contributed by atoms with Crippen molar-refractivity contribution in [2.45, 2.75) is 25.4 Å². The van der Waals surface area contributed by atoms with E-state index in [1.165, 1.54) is 16.0 Å². The van der Waals surface area contributed by atoms with Crippen LogP contribution in [0.2, 0.25) is 5.02 Å². The van der Waals surface area contributed by atoms with Crippen LogP contribution in [0.1, 0.15) is 23.9 Å². The summed E-state index contributed by atoms with van der Waals surface area (Å²) < 4.78 is 19.6. The van der Waals surface area contributed by atoms with E-state index in [4.69, 9.17) is 11.6 Å². The summed E-state index contributed by atoms with van der Waals surface area (Å²) in [5.41, 5.74) is 3.86. The molecule has 1 atom stereocenters. The van der Waals surface area contributed by atoms with Crippen molar-refractivity contribution in [2.24, 2.45) is 0 Å². The van der Waals surface area contributed by atoms with Gasteiger partial charge < -0.3 is 14.8 Å². The van der Waals surface area contributed by atoms with Gasteiger partial charge in [-0.25, -0.2) is 14.4 Å². The molecule has 1 fully saturated rings. The fraction of sp³-hybridized carbons (Fsp3) is 0.286. The molecule has 204 valence electrons. The van der Waals surface area contributed by atoms with Crippen molar-refractivity contribution >= 4 is 50.6 Å². The van der Waals surface area contributed by atoms with Crippen molar-refractivity contribution in [3.05, 3.63) is 76.7 Å². The van der Waals surface area contributed by atoms with Crippen molar-refractivity contribution in [1.82, 2.24) is 29.6 Å². The molecule has 1 saturated heterocycles. The third-order valence-corrected chi connectivity index (χ3v) is 8.59. The predicted molar refractivity (Wildman–Crippen MR) is 155 cm³/mol. The van der Waals surface area contributed by atoms with E-state index in [1.54, 1.807) is 30.2 Å². The predicted octanol–water partition coefficient (Wildman–Crippen LogP) is 4.73. The molecule has 9 nitrogen and oxygen atoms in total. The van der Waals surface area contributed by atoms with Gasteiger partial charge in [0.05, 0.1) is 17.0 Å². The third-order valence-electron chi connectivity index (χ3n) is 7.59. The fourth-order valence-electron chi connectivity index (χ4n) is 5.60. The first-order valence-electron chi connectivity index (χ1n) is 13.2. The Bertz CT molecular complexity index is 1690. The van der Waals surface area contributed by atoms with Gasteiger partial charge in [-0.2, -0.15) is 5.10 Å². The molecule has 0 bridgehead atoms. The highest BCUT2D eigenvalue weighted by atomic mass is 35.5. The summed E-state index contributed by atoms with van der Waals surface area (Å²) >= 11 is 8.03. The van der Waals surface area contributed by atoms with Gasteiger partial charge in [-0.15, -0.1) is 11.3 Å². The number of halogens is 2. The number of rotatable bonds is 6. The average molecular weight is 577 g/mol. The normalized spacial score (nSPS) is 15.9. The lowest BCUT2D eigenvalue weighted by Crippen LogP contribution is -2.43. The maximum absolute atomic E-state index is 16.1. The van der Waals surface area contributed by atoms with E-state index in [-0.39, 0.29) is 11.4 Å². The molecule has 1 amide bonds. The van der Waals surface area contributed by atoms with Crippen LogP contribution in [0.15, 0.2) is 54.4 Å². The van der Waals surface area contributed by atoms with Gasteiger partial charge >= 0.3 is 0 Å². The van der Waals surface area contributed by atoms with Gasteiger partial charge in [-0.05, 0) is 36.6 Å². The standard InChI is InChI=1S/C28H26ClFN8OS/c29-21-14-19(17-3-5-18(6-4-17)36-11-7-31-8-12-36)23(30)24-20(21)15-38(35-24)26(27(39)34-28-32-9-13-40-28)25-22-2-1-10-37(22)16-33-25/h3-6,9,13-16,26,31H,1-2,7-8,10-12H2,(H,32,34,39). The second-order valence-corrected chi connectivity index (χ2v) is 11.3. The molecule has 5 aromatic rings. The summed E-state index contributed by atoms with van der Waals surface area (Å²) in [6.07, 6.45) is 6.79. The lowest BCUT2D eigenvalue weighted by atomic mass is 10.0. The monoisotopic (exact) mass is 576 g/mol. The third kappa shape index (κ3) is 4.43. The number of thiazole rings is 1. The number of nitrogens with zero attached hydrogens (tertiary/aromatic N) is 6. The fourth-order valence-corrected chi connectivity index (χ4v) is 6.38. The van der Waals surface area contributed by atoms with Crippen molar-refractivity contribution < 1.29 is 9.18 Å². The molecular weight excluding hydrogens is 551 g/mol. The van der Waals surface area contributed by atoms with E-state index in [0.717, 1.165) is 56.9 Å². The number of anilines is 2. The van der Waals surface area contributed by atoms with E-state index in [2.05, 4.69) is 35.2 Å². The molecule has 0 aliphatic carbocycles. The number of carbonyl (C=O) groups excluding carboxylic acids is 1. The number of piperazine rings is 1. The molecular formula is C28H26ClFN8OS. The molecule has 0 saturated carbocycles. The summed E-state index contributed by atoms with van der Waals surface area (Å²) in [6, 6.07) is 8.55. The second kappa shape index (κ2) is 10.3. The number of carbonyl (C=O) groups is 1. The van der Waals surface area contributed by atoms with Crippen LogP contribution < -0.4 is 15.5 Å². The minimum absolute atomic E-state index is 0.108. The van der Waals surface area contributed by atoms with E-state index >= 15 is 4.39 Å². The van der Waals surface area contributed by atoms with Crippen LogP contribution in [0.4, 0.5) is 15.2 Å². The Balaban J connectivity index is 1.28. The first kappa shape index (κ1) is 25.2. The van der Waals surface area contributed by atoms with Crippen LogP contribution in [-0.2, 0) is 17.8 Å². The minimum Gasteiger partial charge on any atom is -0.369 e. The Morgan fingerprint density at radius 3 is 2.75 bits per heavy atom. The number of aromatic nitrogens is 5. The van der Waals surface area contributed by atoms with E-state index in [1.807, 2.05) is 24.3 Å². The Morgan fingerprint density at radius 2 is 1.98 bits per heavy atom. The lowest BCUT2D eigenvalue weighted by molar-refractivity contribution is -0.118. The number of hydrogen-bond donors (Lipinski definition) is 2. The summed E-state index contributed by atoms with van der Waals surface area (Å²) in [5.74, 6) is -0.835. The number of hydrogen-bond acceptors (Lipinski definition) is 7. The zero-order valence-electron chi connectivity index (χ0n) is 21.5. The summed E-state index contributed by atoms with van der Waals surface area (Å²) in [4.78, 5) is 24.7. The first-order chi connectivity index (χ1) is 19.6. The van der Waals surface area contributed by atoms with Crippen molar-refractivity contribution in [3.8, 4) is 11.1 Å². The quantitative estimate of drug-likeness (QED) is 0.304. The van der Waals surface area contributed by atoms with Crippen LogP contribution in [0.5, 0.6) is 0 Å². The Labute approximate surface area is 238 Å². The van der Waals surface area contributed by atoms with Crippen LogP contribution in [0.3, 0.4) is 0 Å². The molecule has 12 heteroatoms. The van der Waals surface area contributed by atoms with Crippen molar-refractivity contribution in [2.75, 3.05) is 36.4 Å². The smallest absolute Gasteiger partial charge is 0.257 e. The molecule has 7 rings (SSSR count). The van der Waals surface area contributed by atoms with E-state index in [0.29, 0.717) is 32.4 Å². The van der Waals surface area contributed by atoms with Crippen molar-refractivity contribution in [3.63, 3.8) is 0 Å². The first-order valence-corrected chi connectivity index (χ1v) is 14.5. The highest BCUT2D eigenvalue weighted by Crippen LogP contribution is 2.36. The van der Waals surface area contributed by atoms with Gasteiger partial charge in [-0.1, -0.05) is 23.7 Å². The zero-order chi connectivity index (χ0) is 27.2. The van der Waals surface area contributed by atoms with Gasteiger partial charge in [0.2, 0.25) is 0 Å². The number of amides is 1. The molecule has 1 unspecified atom stereocenters. The number of aryl methyl sites for hydroxylation is 1. The molecule has 2 aliphatic heterocycles. The number of imidazole rings is 1. The highest BCUT2D eigenvalue weighted by Gasteiger charge is 2.32. The van der Waals surface area contributed by atoms with Gasteiger partial charge in [0.1, 0.15) is 5.52 Å². The number of nitrogens with one attached hydrogen (secondary N) is 2. The SMILES string of the molecule is O=C(Nc1nccs1)C(c1ncn2c1CCC2)n1cc2c(Cl)cc(-c3ccc(N4CCNCC4)cc3)c(F)c2n1. The summed E-state index contributed by atoms with van der Waals surface area (Å²) in [7, 11) is 0. The average Bonchev–Trinajstić information content (AvgIpc) is 3.78. The molecule has 2 aliphatic rings. The lowest BCUT2D eigenvalue weighted by Gasteiger charge is -2.29. The van der Waals surface area contributed by atoms with Crippen LogP contribution >= 0.6 is 22.9 Å². The summed E-state index contributed by atoms with van der Waals surface area (Å²) in [6.45, 7) is 4.59. The molecule has 40 heavy (non-hydrogen) atoms. The van der Waals surface area contributed by atoms with Crippen LogP contribution in [-0.4, -0.2) is 56.4 Å². The Morgan fingerprint density at radius 1 is 1.15 bits per heavy atom. The molecule has 3 aromatic heterocycles. The minimum atomic E-state index is -0.914. The van der Waals surface area contributed by atoms with Crippen LogP contribution in [0.25, 0.3) is 22.0 Å². The molecule has 5 heterocycles. The van der Waals surface area contributed by atoms with Crippen LogP contribution in [0, 0.1) is 5.82 Å². The maximum Gasteiger partial charge on any atom is 0.257 e. The van der Waals surface area contributed by atoms with Gasteiger partial charge in [0.25, 0.3) is 5.91 Å². The number of benzene rings is 2. The largest absolute Gasteiger partial charge is 0.369 e. The van der Waals surface area contributed by atoms with Gasteiger partial charge in [0, 0.05) is 72.8 Å². The summed E-state index contributed by atoms with van der Waals surface area (Å²) in [5, 5.41) is 13.9. The molecule has 0 spiro atoms. The van der Waals surface area contributed by atoms with E-state index in [9.17, 15) is 4.79 Å². The van der Waals surface area contributed by atoms with Crippen molar-refractivity contribution in [1.29, 1.82) is 0 Å². The highest BCUT2D eigenvalue weighted by molar-refractivity contribution is 7.13. The Kier molecular flexibility index (Phi) is 6.49.